The maximum atomic E-state index is 5.43. The van der Waals surface area contributed by atoms with Crippen molar-refractivity contribution in [3.63, 3.8) is 0 Å². The standard InChI is InChI=1S/C17H17NO2S/c1-2-12-3-5-13(6-4-12)10-18-17(21)14-7-8-15-16(9-14)20-11-19-15/h3-9H,2,10-11H2,1H3,(H,18,21). The topological polar surface area (TPSA) is 30.5 Å². The number of nitrogens with one attached hydrogen (secondary N) is 1. The van der Waals surface area contributed by atoms with Gasteiger partial charge in [-0.05, 0) is 35.7 Å². The van der Waals surface area contributed by atoms with Gasteiger partial charge in [-0.15, -0.1) is 0 Å². The van der Waals surface area contributed by atoms with Gasteiger partial charge in [-0.2, -0.15) is 0 Å². The summed E-state index contributed by atoms with van der Waals surface area (Å²) < 4.78 is 10.7. The molecule has 0 fully saturated rings. The first-order valence-electron chi connectivity index (χ1n) is 7.02. The van der Waals surface area contributed by atoms with E-state index in [1.807, 2.05) is 18.2 Å². The molecule has 0 spiro atoms. The number of ether oxygens (including phenoxy) is 2. The van der Waals surface area contributed by atoms with Crippen molar-refractivity contribution >= 4 is 17.2 Å². The van der Waals surface area contributed by atoms with Crippen LogP contribution in [0.1, 0.15) is 23.6 Å². The van der Waals surface area contributed by atoms with E-state index in [-0.39, 0.29) is 6.79 Å². The number of hydrogen-bond donors (Lipinski definition) is 1. The first kappa shape index (κ1) is 13.9. The van der Waals surface area contributed by atoms with Crippen LogP contribution in [0.4, 0.5) is 0 Å². The van der Waals surface area contributed by atoms with Crippen LogP contribution in [0.15, 0.2) is 42.5 Å². The monoisotopic (exact) mass is 299 g/mol. The Morgan fingerprint density at radius 1 is 1.05 bits per heavy atom. The average Bonchev–Trinajstić information content (AvgIpc) is 3.00. The molecule has 0 atom stereocenters. The summed E-state index contributed by atoms with van der Waals surface area (Å²) in [5.41, 5.74) is 3.51. The smallest absolute Gasteiger partial charge is 0.231 e. The van der Waals surface area contributed by atoms with Gasteiger partial charge in [0.1, 0.15) is 4.99 Å². The van der Waals surface area contributed by atoms with Crippen LogP contribution in [0.3, 0.4) is 0 Å². The van der Waals surface area contributed by atoms with E-state index in [9.17, 15) is 0 Å². The summed E-state index contributed by atoms with van der Waals surface area (Å²) in [5, 5.41) is 3.28. The summed E-state index contributed by atoms with van der Waals surface area (Å²) in [6.07, 6.45) is 1.06. The molecule has 2 aromatic carbocycles. The fraction of sp³-hybridized carbons (Fsp3) is 0.235. The largest absolute Gasteiger partial charge is 0.454 e. The Morgan fingerprint density at radius 3 is 2.52 bits per heavy atom. The maximum absolute atomic E-state index is 5.43. The number of fused-ring (bicyclic) bond motifs is 1. The van der Waals surface area contributed by atoms with Crippen molar-refractivity contribution in [3.05, 3.63) is 59.2 Å². The van der Waals surface area contributed by atoms with Crippen molar-refractivity contribution in [2.75, 3.05) is 6.79 Å². The second-order valence-electron chi connectivity index (χ2n) is 4.92. The maximum Gasteiger partial charge on any atom is 0.231 e. The Bertz CT molecular complexity index is 652. The highest BCUT2D eigenvalue weighted by Gasteiger charge is 2.14. The lowest BCUT2D eigenvalue weighted by Gasteiger charge is -2.09. The van der Waals surface area contributed by atoms with Crippen molar-refractivity contribution in [1.82, 2.24) is 5.32 Å². The van der Waals surface area contributed by atoms with E-state index in [1.165, 1.54) is 11.1 Å². The van der Waals surface area contributed by atoms with Gasteiger partial charge in [0.15, 0.2) is 11.5 Å². The van der Waals surface area contributed by atoms with Crippen LogP contribution in [0.25, 0.3) is 0 Å². The fourth-order valence-electron chi connectivity index (χ4n) is 2.21. The molecular formula is C17H17NO2S. The molecule has 0 amide bonds. The summed E-state index contributed by atoms with van der Waals surface area (Å²) in [4.78, 5) is 0.716. The third kappa shape index (κ3) is 3.16. The van der Waals surface area contributed by atoms with Crippen molar-refractivity contribution in [2.24, 2.45) is 0 Å². The lowest BCUT2D eigenvalue weighted by molar-refractivity contribution is 0.174. The molecule has 1 heterocycles. The van der Waals surface area contributed by atoms with Crippen molar-refractivity contribution in [1.29, 1.82) is 0 Å². The fourth-order valence-corrected chi connectivity index (χ4v) is 2.41. The van der Waals surface area contributed by atoms with Gasteiger partial charge in [0.25, 0.3) is 0 Å². The summed E-state index contributed by atoms with van der Waals surface area (Å²) in [7, 11) is 0. The van der Waals surface area contributed by atoms with E-state index in [4.69, 9.17) is 21.7 Å². The van der Waals surface area contributed by atoms with Crippen LogP contribution < -0.4 is 14.8 Å². The van der Waals surface area contributed by atoms with E-state index < -0.39 is 0 Å². The Hall–Kier alpha value is -2.07. The highest BCUT2D eigenvalue weighted by molar-refractivity contribution is 7.80. The van der Waals surface area contributed by atoms with Gasteiger partial charge in [0, 0.05) is 12.1 Å². The Morgan fingerprint density at radius 2 is 1.76 bits per heavy atom. The molecule has 0 saturated carbocycles. The molecule has 0 aliphatic carbocycles. The molecule has 108 valence electrons. The number of thiocarbonyl (C=S) groups is 1. The molecule has 0 unspecified atom stereocenters. The summed E-state index contributed by atoms with van der Waals surface area (Å²) in [6, 6.07) is 14.3. The molecular weight excluding hydrogens is 282 g/mol. The first-order chi connectivity index (χ1) is 10.3. The van der Waals surface area contributed by atoms with E-state index in [0.717, 1.165) is 30.0 Å². The van der Waals surface area contributed by atoms with Gasteiger partial charge in [-0.1, -0.05) is 43.4 Å². The Balaban J connectivity index is 1.63. The molecule has 1 aliphatic rings. The van der Waals surface area contributed by atoms with Gasteiger partial charge < -0.3 is 14.8 Å². The SMILES string of the molecule is CCc1ccc(CNC(=S)c2ccc3c(c2)OCO3)cc1. The predicted octanol–water partition coefficient (Wildman–Crippen LogP) is 3.44. The van der Waals surface area contributed by atoms with Crippen LogP contribution in [-0.2, 0) is 13.0 Å². The van der Waals surface area contributed by atoms with E-state index in [0.29, 0.717) is 4.99 Å². The summed E-state index contributed by atoms with van der Waals surface area (Å²) in [5.74, 6) is 1.53. The normalized spacial score (nSPS) is 12.2. The van der Waals surface area contributed by atoms with Crippen molar-refractivity contribution in [2.45, 2.75) is 19.9 Å². The number of rotatable bonds is 4. The van der Waals surface area contributed by atoms with Crippen molar-refractivity contribution < 1.29 is 9.47 Å². The summed E-state index contributed by atoms with van der Waals surface area (Å²) in [6.45, 7) is 3.15. The zero-order chi connectivity index (χ0) is 14.7. The number of aryl methyl sites for hydroxylation is 1. The molecule has 0 aromatic heterocycles. The molecule has 3 rings (SSSR count). The predicted molar refractivity (Wildman–Crippen MR) is 86.9 cm³/mol. The zero-order valence-corrected chi connectivity index (χ0v) is 12.7. The molecule has 2 aromatic rings. The summed E-state index contributed by atoms with van der Waals surface area (Å²) >= 11 is 5.43. The third-order valence-corrected chi connectivity index (χ3v) is 3.90. The molecule has 21 heavy (non-hydrogen) atoms. The molecule has 3 nitrogen and oxygen atoms in total. The lowest BCUT2D eigenvalue weighted by Crippen LogP contribution is -2.21. The highest BCUT2D eigenvalue weighted by atomic mass is 32.1. The minimum Gasteiger partial charge on any atom is -0.454 e. The highest BCUT2D eigenvalue weighted by Crippen LogP contribution is 2.32. The van der Waals surface area contributed by atoms with E-state index in [1.54, 1.807) is 0 Å². The van der Waals surface area contributed by atoms with E-state index >= 15 is 0 Å². The molecule has 0 bridgehead atoms. The van der Waals surface area contributed by atoms with Crippen LogP contribution in [0, 0.1) is 0 Å². The second-order valence-corrected chi connectivity index (χ2v) is 5.33. The quantitative estimate of drug-likeness (QED) is 0.876. The van der Waals surface area contributed by atoms with Crippen molar-refractivity contribution in [3.8, 4) is 11.5 Å². The van der Waals surface area contributed by atoms with Crippen LogP contribution in [0.2, 0.25) is 0 Å². The third-order valence-electron chi connectivity index (χ3n) is 3.52. The zero-order valence-electron chi connectivity index (χ0n) is 11.9. The van der Waals surface area contributed by atoms with E-state index in [2.05, 4.69) is 36.5 Å². The van der Waals surface area contributed by atoms with Gasteiger partial charge in [0.2, 0.25) is 6.79 Å². The second kappa shape index (κ2) is 6.14. The molecule has 1 N–H and O–H groups in total. The van der Waals surface area contributed by atoms with Gasteiger partial charge in [0.05, 0.1) is 0 Å². The van der Waals surface area contributed by atoms with Crippen LogP contribution >= 0.6 is 12.2 Å². The average molecular weight is 299 g/mol. The minimum atomic E-state index is 0.281. The molecule has 0 radical (unpaired) electrons. The molecule has 0 saturated heterocycles. The number of hydrogen-bond acceptors (Lipinski definition) is 3. The van der Waals surface area contributed by atoms with Crippen LogP contribution in [-0.4, -0.2) is 11.8 Å². The minimum absolute atomic E-state index is 0.281. The van der Waals surface area contributed by atoms with Gasteiger partial charge >= 0.3 is 0 Å². The number of benzene rings is 2. The Kier molecular flexibility index (Phi) is 4.06. The van der Waals surface area contributed by atoms with Gasteiger partial charge in [-0.3, -0.25) is 0 Å². The lowest BCUT2D eigenvalue weighted by atomic mass is 10.1. The Labute approximate surface area is 129 Å². The molecule has 1 aliphatic heterocycles. The van der Waals surface area contributed by atoms with Gasteiger partial charge in [-0.25, -0.2) is 0 Å². The van der Waals surface area contributed by atoms with Crippen LogP contribution in [0.5, 0.6) is 11.5 Å². The first-order valence-corrected chi connectivity index (χ1v) is 7.43. The molecule has 4 heteroatoms.